The van der Waals surface area contributed by atoms with Crippen LogP contribution in [-0.2, 0) is 6.54 Å². The molecule has 0 aliphatic heterocycles. The maximum atomic E-state index is 12.5. The number of hydrogen-bond acceptors (Lipinski definition) is 3. The maximum Gasteiger partial charge on any atom is 0.257 e. The van der Waals surface area contributed by atoms with Gasteiger partial charge in [-0.3, -0.25) is 4.79 Å². The molecule has 0 radical (unpaired) electrons. The summed E-state index contributed by atoms with van der Waals surface area (Å²) in [7, 11) is 0. The number of nitrogens with one attached hydrogen (secondary N) is 1. The van der Waals surface area contributed by atoms with Gasteiger partial charge in [-0.2, -0.15) is 5.10 Å². The Labute approximate surface area is 129 Å². The number of aryl methyl sites for hydroxylation is 1. The van der Waals surface area contributed by atoms with E-state index in [4.69, 9.17) is 0 Å². The molecule has 1 aromatic carbocycles. The van der Waals surface area contributed by atoms with Gasteiger partial charge in [-0.1, -0.05) is 19.9 Å². The second-order valence-electron chi connectivity index (χ2n) is 5.43. The zero-order chi connectivity index (χ0) is 15.4. The highest BCUT2D eigenvalue weighted by molar-refractivity contribution is 7.98. The molecule has 0 bridgehead atoms. The van der Waals surface area contributed by atoms with Crippen molar-refractivity contribution in [3.8, 4) is 0 Å². The minimum absolute atomic E-state index is 0.0890. The summed E-state index contributed by atoms with van der Waals surface area (Å²) in [6, 6.07) is 7.76. The molecular weight excluding hydrogens is 282 g/mol. The van der Waals surface area contributed by atoms with Crippen molar-refractivity contribution in [3.05, 3.63) is 41.6 Å². The van der Waals surface area contributed by atoms with Gasteiger partial charge in [-0.05, 0) is 36.8 Å². The van der Waals surface area contributed by atoms with E-state index in [-0.39, 0.29) is 5.91 Å². The van der Waals surface area contributed by atoms with Crippen LogP contribution >= 0.6 is 11.8 Å². The first-order valence-corrected chi connectivity index (χ1v) is 8.21. The summed E-state index contributed by atoms with van der Waals surface area (Å²) in [5, 5.41) is 7.21. The number of carbonyl (C=O) groups excluding carboxylic acids is 1. The number of anilines is 1. The molecule has 0 aliphatic rings. The Morgan fingerprint density at radius 1 is 1.38 bits per heavy atom. The van der Waals surface area contributed by atoms with Crippen molar-refractivity contribution >= 4 is 23.5 Å². The number of benzene rings is 1. The number of aromatic nitrogens is 2. The van der Waals surface area contributed by atoms with Crippen LogP contribution in [0.2, 0.25) is 0 Å². The Hall–Kier alpha value is -1.75. The molecule has 112 valence electrons. The van der Waals surface area contributed by atoms with Crippen LogP contribution in [0, 0.1) is 12.8 Å². The summed E-state index contributed by atoms with van der Waals surface area (Å²) < 4.78 is 1.83. The molecular formula is C16H21N3OS. The molecule has 0 unspecified atom stereocenters. The first-order valence-electron chi connectivity index (χ1n) is 6.99. The summed E-state index contributed by atoms with van der Waals surface area (Å²) in [4.78, 5) is 13.6. The van der Waals surface area contributed by atoms with E-state index in [0.29, 0.717) is 11.5 Å². The van der Waals surface area contributed by atoms with Gasteiger partial charge in [0.15, 0.2) is 0 Å². The largest absolute Gasteiger partial charge is 0.307 e. The smallest absolute Gasteiger partial charge is 0.257 e. The molecule has 0 spiro atoms. The van der Waals surface area contributed by atoms with Gasteiger partial charge in [0.25, 0.3) is 5.91 Å². The van der Waals surface area contributed by atoms with Crippen LogP contribution in [0.5, 0.6) is 0 Å². The molecule has 21 heavy (non-hydrogen) atoms. The first kappa shape index (κ1) is 15.6. The zero-order valence-corrected chi connectivity index (χ0v) is 13.7. The molecule has 2 rings (SSSR count). The second kappa shape index (κ2) is 6.80. The van der Waals surface area contributed by atoms with Crippen LogP contribution in [0.4, 0.5) is 5.82 Å². The van der Waals surface area contributed by atoms with Crippen molar-refractivity contribution < 1.29 is 4.79 Å². The quantitative estimate of drug-likeness (QED) is 0.854. The van der Waals surface area contributed by atoms with E-state index in [1.165, 1.54) is 0 Å². The van der Waals surface area contributed by atoms with Crippen LogP contribution < -0.4 is 5.32 Å². The van der Waals surface area contributed by atoms with E-state index in [2.05, 4.69) is 24.3 Å². The molecule has 5 heteroatoms. The fourth-order valence-electron chi connectivity index (χ4n) is 2.09. The topological polar surface area (TPSA) is 46.9 Å². The summed E-state index contributed by atoms with van der Waals surface area (Å²) in [6.07, 6.45) is 3.72. The van der Waals surface area contributed by atoms with E-state index in [1.54, 1.807) is 18.0 Å². The molecule has 1 heterocycles. The lowest BCUT2D eigenvalue weighted by atomic mass is 10.1. The molecule has 1 N–H and O–H groups in total. The predicted octanol–water partition coefficient (Wildman–Crippen LogP) is 3.82. The van der Waals surface area contributed by atoms with E-state index in [9.17, 15) is 4.79 Å². The first-order chi connectivity index (χ1) is 10.0. The Morgan fingerprint density at radius 2 is 2.14 bits per heavy atom. The number of nitrogens with zero attached hydrogens (tertiary/aromatic N) is 2. The molecule has 0 saturated heterocycles. The lowest BCUT2D eigenvalue weighted by Crippen LogP contribution is -2.18. The lowest BCUT2D eigenvalue weighted by Gasteiger charge is -2.12. The van der Waals surface area contributed by atoms with Crippen molar-refractivity contribution in [2.45, 2.75) is 32.2 Å². The average Bonchev–Trinajstić information content (AvgIpc) is 2.85. The molecule has 4 nitrogen and oxygen atoms in total. The number of thioether (sulfide) groups is 1. The third-order valence-electron chi connectivity index (χ3n) is 3.19. The van der Waals surface area contributed by atoms with E-state index in [1.807, 2.05) is 42.1 Å². The van der Waals surface area contributed by atoms with Gasteiger partial charge in [0.1, 0.15) is 5.82 Å². The molecule has 0 fully saturated rings. The van der Waals surface area contributed by atoms with E-state index < -0.39 is 0 Å². The summed E-state index contributed by atoms with van der Waals surface area (Å²) in [6.45, 7) is 6.98. The van der Waals surface area contributed by atoms with E-state index >= 15 is 0 Å². The lowest BCUT2D eigenvalue weighted by molar-refractivity contribution is 0.102. The molecule has 0 saturated carbocycles. The Morgan fingerprint density at radius 3 is 2.81 bits per heavy atom. The fraction of sp³-hybridized carbons (Fsp3) is 0.375. The van der Waals surface area contributed by atoms with Crippen molar-refractivity contribution in [1.82, 2.24) is 9.78 Å². The summed E-state index contributed by atoms with van der Waals surface area (Å²) in [5.74, 6) is 1.12. The minimum atomic E-state index is -0.0890. The normalized spacial score (nSPS) is 10.9. The van der Waals surface area contributed by atoms with E-state index in [0.717, 1.165) is 22.8 Å². The van der Waals surface area contributed by atoms with Gasteiger partial charge in [-0.15, -0.1) is 11.8 Å². The van der Waals surface area contributed by atoms with Crippen molar-refractivity contribution in [1.29, 1.82) is 0 Å². The van der Waals surface area contributed by atoms with Gasteiger partial charge in [-0.25, -0.2) is 4.68 Å². The Balaban J connectivity index is 2.20. The molecule has 2 aromatic rings. The number of rotatable bonds is 5. The SMILES string of the molecule is CSc1ccc(C)c(C(=O)Nc2ccnn2CC(C)C)c1. The number of carbonyl (C=O) groups is 1. The summed E-state index contributed by atoms with van der Waals surface area (Å²) in [5.41, 5.74) is 1.68. The monoisotopic (exact) mass is 303 g/mol. The Bertz CT molecular complexity index is 634. The predicted molar refractivity (Wildman–Crippen MR) is 88.0 cm³/mol. The van der Waals surface area contributed by atoms with Gasteiger partial charge in [0.05, 0.1) is 6.20 Å². The highest BCUT2D eigenvalue weighted by Crippen LogP contribution is 2.20. The van der Waals surface area contributed by atoms with Crippen molar-refractivity contribution in [2.24, 2.45) is 5.92 Å². The highest BCUT2D eigenvalue weighted by atomic mass is 32.2. The molecule has 1 amide bonds. The van der Waals surface area contributed by atoms with Crippen molar-refractivity contribution in [2.75, 3.05) is 11.6 Å². The number of amides is 1. The van der Waals surface area contributed by atoms with Crippen LogP contribution in [0.3, 0.4) is 0 Å². The molecule has 0 atom stereocenters. The van der Waals surface area contributed by atoms with Gasteiger partial charge >= 0.3 is 0 Å². The minimum Gasteiger partial charge on any atom is -0.307 e. The van der Waals surface area contributed by atoms with Crippen molar-refractivity contribution in [3.63, 3.8) is 0 Å². The molecule has 0 aliphatic carbocycles. The van der Waals surface area contributed by atoms with Crippen LogP contribution in [-0.4, -0.2) is 21.9 Å². The zero-order valence-electron chi connectivity index (χ0n) is 12.9. The van der Waals surface area contributed by atoms with Crippen LogP contribution in [0.25, 0.3) is 0 Å². The Kier molecular flexibility index (Phi) is 5.07. The van der Waals surface area contributed by atoms with Gasteiger partial charge < -0.3 is 5.32 Å². The fourth-order valence-corrected chi connectivity index (χ4v) is 2.53. The average molecular weight is 303 g/mol. The summed E-state index contributed by atoms with van der Waals surface area (Å²) >= 11 is 1.63. The molecule has 1 aromatic heterocycles. The maximum absolute atomic E-state index is 12.5. The number of hydrogen-bond donors (Lipinski definition) is 1. The van der Waals surface area contributed by atoms with Gasteiger partial charge in [0.2, 0.25) is 0 Å². The standard InChI is InChI=1S/C16H21N3OS/c1-11(2)10-19-15(7-8-17-19)18-16(20)14-9-13(21-4)6-5-12(14)3/h5-9,11H,10H2,1-4H3,(H,18,20). The third-order valence-corrected chi connectivity index (χ3v) is 3.91. The highest BCUT2D eigenvalue weighted by Gasteiger charge is 2.13. The van der Waals surface area contributed by atoms with Crippen LogP contribution in [0.15, 0.2) is 35.4 Å². The van der Waals surface area contributed by atoms with Crippen LogP contribution in [0.1, 0.15) is 29.8 Å². The second-order valence-corrected chi connectivity index (χ2v) is 6.31. The third kappa shape index (κ3) is 3.88. The van der Waals surface area contributed by atoms with Gasteiger partial charge in [0, 0.05) is 23.1 Å².